The first-order chi connectivity index (χ1) is 12.7. The highest BCUT2D eigenvalue weighted by molar-refractivity contribution is 5.44. The van der Waals surface area contributed by atoms with Crippen LogP contribution in [0.5, 0.6) is 11.5 Å². The summed E-state index contributed by atoms with van der Waals surface area (Å²) in [6.07, 6.45) is 1.12. The third-order valence-electron chi connectivity index (χ3n) is 4.11. The molecule has 0 saturated carbocycles. The van der Waals surface area contributed by atoms with Crippen LogP contribution in [0.4, 0.5) is 0 Å². The smallest absolute Gasteiger partial charge is 0.231 e. The second-order valence-electron chi connectivity index (χ2n) is 6.32. The largest absolute Gasteiger partial charge is 0.454 e. The van der Waals surface area contributed by atoms with Crippen molar-refractivity contribution in [2.24, 2.45) is 0 Å². The lowest BCUT2D eigenvalue weighted by molar-refractivity contribution is 0.0228. The fraction of sp³-hybridized carbons (Fsp3) is 0.333. The average molecular weight is 355 g/mol. The Hall–Kier alpha value is -2.34. The van der Waals surface area contributed by atoms with E-state index in [1.54, 1.807) is 6.08 Å². The highest BCUT2D eigenvalue weighted by Gasteiger charge is 2.17. The summed E-state index contributed by atoms with van der Waals surface area (Å²) in [5.74, 6) is 1.55. The highest BCUT2D eigenvalue weighted by atomic mass is 16.7. The van der Waals surface area contributed by atoms with Crippen LogP contribution in [0.1, 0.15) is 11.1 Å². The fourth-order valence-corrected chi connectivity index (χ4v) is 2.96. The van der Waals surface area contributed by atoms with Gasteiger partial charge in [0.2, 0.25) is 6.79 Å². The summed E-state index contributed by atoms with van der Waals surface area (Å²) in [7, 11) is 0. The van der Waals surface area contributed by atoms with E-state index < -0.39 is 6.10 Å². The minimum atomic E-state index is -0.562. The van der Waals surface area contributed by atoms with Gasteiger partial charge in [-0.3, -0.25) is 4.90 Å². The molecule has 0 spiro atoms. The van der Waals surface area contributed by atoms with Gasteiger partial charge in [0.25, 0.3) is 0 Å². The molecular weight excluding hydrogens is 330 g/mol. The summed E-state index contributed by atoms with van der Waals surface area (Å²) < 4.78 is 16.2. The van der Waals surface area contributed by atoms with Crippen molar-refractivity contribution in [2.45, 2.75) is 19.2 Å². The molecular formula is C21H25NO4. The maximum Gasteiger partial charge on any atom is 0.231 e. The van der Waals surface area contributed by atoms with Crippen LogP contribution >= 0.6 is 0 Å². The molecule has 1 aliphatic rings. The zero-order valence-electron chi connectivity index (χ0n) is 14.8. The minimum absolute atomic E-state index is 0.270. The molecule has 26 heavy (non-hydrogen) atoms. The van der Waals surface area contributed by atoms with Crippen molar-refractivity contribution in [3.63, 3.8) is 0 Å². The standard InChI is InChI=1S/C21H25NO4/c1-2-10-24-15-19(23)14-22(12-17-6-4-3-5-7-17)13-18-8-9-20-21(11-18)26-16-25-20/h2-9,11,19,23H,1,10,12-16H2/t19-/m0/s1. The van der Waals surface area contributed by atoms with Crippen LogP contribution in [-0.2, 0) is 17.8 Å². The van der Waals surface area contributed by atoms with Gasteiger partial charge in [-0.25, -0.2) is 0 Å². The second kappa shape index (κ2) is 9.38. The maximum atomic E-state index is 10.3. The summed E-state index contributed by atoms with van der Waals surface area (Å²) >= 11 is 0. The highest BCUT2D eigenvalue weighted by Crippen LogP contribution is 2.32. The van der Waals surface area contributed by atoms with Gasteiger partial charge in [0, 0.05) is 19.6 Å². The van der Waals surface area contributed by atoms with E-state index in [2.05, 4.69) is 23.6 Å². The number of rotatable bonds is 10. The van der Waals surface area contributed by atoms with Crippen LogP contribution in [0.15, 0.2) is 61.2 Å². The third-order valence-corrected chi connectivity index (χ3v) is 4.11. The van der Waals surface area contributed by atoms with Gasteiger partial charge in [0.1, 0.15) is 0 Å². The lowest BCUT2D eigenvalue weighted by Gasteiger charge is -2.25. The van der Waals surface area contributed by atoms with Gasteiger partial charge in [-0.05, 0) is 23.3 Å². The Morgan fingerprint density at radius 2 is 1.85 bits per heavy atom. The Morgan fingerprint density at radius 1 is 1.08 bits per heavy atom. The van der Waals surface area contributed by atoms with Crippen molar-refractivity contribution in [2.75, 3.05) is 26.6 Å². The lowest BCUT2D eigenvalue weighted by atomic mass is 10.1. The monoisotopic (exact) mass is 355 g/mol. The number of hydrogen-bond donors (Lipinski definition) is 1. The van der Waals surface area contributed by atoms with Crippen molar-refractivity contribution >= 4 is 0 Å². The van der Waals surface area contributed by atoms with E-state index in [0.717, 1.165) is 23.6 Å². The molecule has 0 radical (unpaired) electrons. The summed E-state index contributed by atoms with van der Waals surface area (Å²) in [5.41, 5.74) is 2.32. The van der Waals surface area contributed by atoms with Gasteiger partial charge in [-0.1, -0.05) is 42.5 Å². The predicted octanol–water partition coefficient (Wildman–Crippen LogP) is 2.98. The third kappa shape index (κ3) is 5.33. The van der Waals surface area contributed by atoms with E-state index in [1.807, 2.05) is 36.4 Å². The molecule has 0 amide bonds. The van der Waals surface area contributed by atoms with E-state index in [0.29, 0.717) is 26.3 Å². The Labute approximate surface area is 154 Å². The Morgan fingerprint density at radius 3 is 2.65 bits per heavy atom. The number of benzene rings is 2. The molecule has 1 N–H and O–H groups in total. The second-order valence-corrected chi connectivity index (χ2v) is 6.32. The zero-order valence-corrected chi connectivity index (χ0v) is 14.8. The van der Waals surface area contributed by atoms with Gasteiger partial charge in [0.05, 0.1) is 19.3 Å². The van der Waals surface area contributed by atoms with Gasteiger partial charge < -0.3 is 19.3 Å². The molecule has 0 saturated heterocycles. The maximum absolute atomic E-state index is 10.3. The van der Waals surface area contributed by atoms with Crippen LogP contribution in [-0.4, -0.2) is 42.7 Å². The fourth-order valence-electron chi connectivity index (χ4n) is 2.96. The summed E-state index contributed by atoms with van der Waals surface area (Å²) in [4.78, 5) is 2.20. The normalized spacial score (nSPS) is 13.8. The molecule has 3 rings (SSSR count). The Kier molecular flexibility index (Phi) is 6.66. The van der Waals surface area contributed by atoms with Gasteiger partial charge in [-0.2, -0.15) is 0 Å². The van der Waals surface area contributed by atoms with Crippen molar-refractivity contribution in [1.29, 1.82) is 0 Å². The number of nitrogens with zero attached hydrogens (tertiary/aromatic N) is 1. The van der Waals surface area contributed by atoms with E-state index in [9.17, 15) is 5.11 Å². The lowest BCUT2D eigenvalue weighted by Crippen LogP contribution is -2.34. The van der Waals surface area contributed by atoms with Crippen molar-refractivity contribution < 1.29 is 19.3 Å². The van der Waals surface area contributed by atoms with E-state index in [-0.39, 0.29) is 6.79 Å². The molecule has 1 atom stereocenters. The summed E-state index contributed by atoms with van der Waals surface area (Å²) in [6.45, 7) is 6.58. The molecule has 0 aliphatic carbocycles. The van der Waals surface area contributed by atoms with Crippen molar-refractivity contribution in [3.8, 4) is 11.5 Å². The van der Waals surface area contributed by atoms with Crippen LogP contribution in [0.2, 0.25) is 0 Å². The van der Waals surface area contributed by atoms with Gasteiger partial charge >= 0.3 is 0 Å². The molecule has 0 unspecified atom stereocenters. The molecule has 0 fully saturated rings. The van der Waals surface area contributed by atoms with Crippen LogP contribution in [0, 0.1) is 0 Å². The molecule has 2 aromatic carbocycles. The first-order valence-corrected chi connectivity index (χ1v) is 8.76. The molecule has 1 heterocycles. The molecule has 2 aromatic rings. The predicted molar refractivity (Wildman–Crippen MR) is 100 cm³/mol. The zero-order chi connectivity index (χ0) is 18.2. The number of aliphatic hydroxyl groups excluding tert-OH is 1. The van der Waals surface area contributed by atoms with Crippen molar-refractivity contribution in [3.05, 3.63) is 72.3 Å². The molecule has 0 bridgehead atoms. The SMILES string of the molecule is C=CCOC[C@@H](O)CN(Cc1ccccc1)Cc1ccc2c(c1)OCO2. The quantitative estimate of drug-likeness (QED) is 0.524. The molecule has 5 heteroatoms. The molecule has 5 nitrogen and oxygen atoms in total. The van der Waals surface area contributed by atoms with E-state index >= 15 is 0 Å². The first kappa shape index (κ1) is 18.5. The topological polar surface area (TPSA) is 51.2 Å². The average Bonchev–Trinajstić information content (AvgIpc) is 3.10. The molecule has 1 aliphatic heterocycles. The summed E-state index contributed by atoms with van der Waals surface area (Å²) in [6, 6.07) is 16.2. The molecule has 138 valence electrons. The summed E-state index contributed by atoms with van der Waals surface area (Å²) in [5, 5.41) is 10.3. The molecule has 0 aromatic heterocycles. The van der Waals surface area contributed by atoms with Crippen LogP contribution < -0.4 is 9.47 Å². The number of ether oxygens (including phenoxy) is 3. The van der Waals surface area contributed by atoms with Crippen LogP contribution in [0.3, 0.4) is 0 Å². The van der Waals surface area contributed by atoms with Gasteiger partial charge in [0.15, 0.2) is 11.5 Å². The van der Waals surface area contributed by atoms with E-state index in [4.69, 9.17) is 14.2 Å². The van der Waals surface area contributed by atoms with E-state index in [1.165, 1.54) is 5.56 Å². The number of fused-ring (bicyclic) bond motifs is 1. The van der Waals surface area contributed by atoms with Crippen LogP contribution in [0.25, 0.3) is 0 Å². The minimum Gasteiger partial charge on any atom is -0.454 e. The van der Waals surface area contributed by atoms with Crippen molar-refractivity contribution in [1.82, 2.24) is 4.90 Å². The number of aliphatic hydroxyl groups is 1. The Balaban J connectivity index is 1.66. The Bertz CT molecular complexity index is 704. The van der Waals surface area contributed by atoms with Gasteiger partial charge in [-0.15, -0.1) is 6.58 Å². The number of hydrogen-bond acceptors (Lipinski definition) is 5. The first-order valence-electron chi connectivity index (χ1n) is 8.76.